The van der Waals surface area contributed by atoms with E-state index in [-0.39, 0.29) is 0 Å². The maximum Gasteiger partial charge on any atom is 0.0423 e. The Bertz CT molecular complexity index is 233. The first-order valence-electron chi connectivity index (χ1n) is 3.52. The van der Waals surface area contributed by atoms with E-state index in [2.05, 4.69) is 19.9 Å². The van der Waals surface area contributed by atoms with Gasteiger partial charge in [0.1, 0.15) is 0 Å². The van der Waals surface area contributed by atoms with Gasteiger partial charge in [0.25, 0.3) is 0 Å². The second kappa shape index (κ2) is 4.03. The number of thioether (sulfide) groups is 1. The van der Waals surface area contributed by atoms with Gasteiger partial charge in [-0.05, 0) is 24.3 Å². The van der Waals surface area contributed by atoms with Gasteiger partial charge in [0, 0.05) is 15.2 Å². The van der Waals surface area contributed by atoms with Crippen molar-refractivity contribution in [2.75, 3.05) is 0 Å². The SMILES string of the molecule is CC(C)Sc1c[c]cc(Cl)c1. The summed E-state index contributed by atoms with van der Waals surface area (Å²) in [6.07, 6.45) is 0. The molecular weight excluding hydrogens is 176 g/mol. The third-order valence-corrected chi connectivity index (χ3v) is 2.30. The first kappa shape index (κ1) is 8.95. The van der Waals surface area contributed by atoms with Gasteiger partial charge in [0.15, 0.2) is 0 Å². The largest absolute Gasteiger partial charge is 0.123 e. The summed E-state index contributed by atoms with van der Waals surface area (Å²) in [5, 5.41) is 1.36. The normalized spacial score (nSPS) is 10.5. The molecule has 0 aliphatic rings. The summed E-state index contributed by atoms with van der Waals surface area (Å²) in [6.45, 7) is 4.32. The second-order valence-corrected chi connectivity index (χ2v) is 4.64. The number of benzene rings is 1. The van der Waals surface area contributed by atoms with Crippen molar-refractivity contribution in [1.29, 1.82) is 0 Å². The van der Waals surface area contributed by atoms with Crippen LogP contribution >= 0.6 is 23.4 Å². The molecule has 0 spiro atoms. The lowest BCUT2D eigenvalue weighted by molar-refractivity contribution is 1.11. The number of hydrogen-bond donors (Lipinski definition) is 0. The van der Waals surface area contributed by atoms with Crippen LogP contribution < -0.4 is 0 Å². The van der Waals surface area contributed by atoms with Crippen LogP contribution in [0.2, 0.25) is 5.02 Å². The minimum atomic E-state index is 0.599. The Hall–Kier alpha value is -0.140. The number of rotatable bonds is 2. The number of hydrogen-bond acceptors (Lipinski definition) is 1. The fourth-order valence-corrected chi connectivity index (χ4v) is 1.88. The Balaban J connectivity index is 2.71. The summed E-state index contributed by atoms with van der Waals surface area (Å²) < 4.78 is 0. The smallest absolute Gasteiger partial charge is 0.0423 e. The maximum atomic E-state index is 5.78. The molecule has 0 N–H and O–H groups in total. The van der Waals surface area contributed by atoms with Crippen LogP contribution in [-0.2, 0) is 0 Å². The van der Waals surface area contributed by atoms with E-state index >= 15 is 0 Å². The van der Waals surface area contributed by atoms with Crippen molar-refractivity contribution in [2.45, 2.75) is 24.0 Å². The van der Waals surface area contributed by atoms with Crippen molar-refractivity contribution < 1.29 is 0 Å². The third-order valence-electron chi connectivity index (χ3n) is 1.10. The first-order valence-corrected chi connectivity index (χ1v) is 4.77. The predicted molar refractivity (Wildman–Crippen MR) is 51.3 cm³/mol. The van der Waals surface area contributed by atoms with Gasteiger partial charge >= 0.3 is 0 Å². The van der Waals surface area contributed by atoms with Gasteiger partial charge in [-0.15, -0.1) is 11.8 Å². The molecular formula is C9H10ClS. The molecule has 1 aromatic carbocycles. The Morgan fingerprint density at radius 2 is 2.18 bits per heavy atom. The van der Waals surface area contributed by atoms with Crippen LogP contribution in [0.15, 0.2) is 23.1 Å². The summed E-state index contributed by atoms with van der Waals surface area (Å²) in [7, 11) is 0. The highest BCUT2D eigenvalue weighted by Gasteiger charge is 1.97. The van der Waals surface area contributed by atoms with Crippen LogP contribution in [0.3, 0.4) is 0 Å². The van der Waals surface area contributed by atoms with Crippen LogP contribution in [0, 0.1) is 6.07 Å². The van der Waals surface area contributed by atoms with Gasteiger partial charge in [-0.25, -0.2) is 0 Å². The predicted octanol–water partition coefficient (Wildman–Crippen LogP) is 3.64. The molecule has 2 heteroatoms. The molecule has 0 aliphatic heterocycles. The second-order valence-electron chi connectivity index (χ2n) is 2.55. The van der Waals surface area contributed by atoms with Crippen molar-refractivity contribution in [3.05, 3.63) is 29.3 Å². The molecule has 11 heavy (non-hydrogen) atoms. The molecule has 0 aliphatic carbocycles. The van der Waals surface area contributed by atoms with Crippen LogP contribution in [0.4, 0.5) is 0 Å². The van der Waals surface area contributed by atoms with E-state index in [9.17, 15) is 0 Å². The van der Waals surface area contributed by atoms with Gasteiger partial charge in [0.2, 0.25) is 0 Å². The fourth-order valence-electron chi connectivity index (χ4n) is 0.763. The molecule has 0 amide bonds. The minimum Gasteiger partial charge on any atom is -0.123 e. The Morgan fingerprint density at radius 3 is 2.73 bits per heavy atom. The highest BCUT2D eigenvalue weighted by molar-refractivity contribution is 7.99. The van der Waals surface area contributed by atoms with Crippen molar-refractivity contribution >= 4 is 23.4 Å². The third kappa shape index (κ3) is 3.17. The molecule has 0 saturated carbocycles. The Kier molecular flexibility index (Phi) is 3.28. The van der Waals surface area contributed by atoms with Gasteiger partial charge in [-0.3, -0.25) is 0 Å². The summed E-state index contributed by atoms with van der Waals surface area (Å²) in [4.78, 5) is 1.19. The molecule has 0 atom stereocenters. The topological polar surface area (TPSA) is 0 Å². The van der Waals surface area contributed by atoms with E-state index in [1.165, 1.54) is 4.90 Å². The zero-order valence-corrected chi connectivity index (χ0v) is 8.17. The lowest BCUT2D eigenvalue weighted by atomic mass is 10.4. The van der Waals surface area contributed by atoms with Crippen molar-refractivity contribution in [3.63, 3.8) is 0 Å². The molecule has 0 bridgehead atoms. The molecule has 1 rings (SSSR count). The van der Waals surface area contributed by atoms with E-state index < -0.39 is 0 Å². The highest BCUT2D eigenvalue weighted by atomic mass is 35.5. The highest BCUT2D eigenvalue weighted by Crippen LogP contribution is 2.24. The molecule has 0 heterocycles. The summed E-state index contributed by atoms with van der Waals surface area (Å²) in [6, 6.07) is 8.67. The minimum absolute atomic E-state index is 0.599. The van der Waals surface area contributed by atoms with Gasteiger partial charge in [0.05, 0.1) is 0 Å². The maximum absolute atomic E-state index is 5.78. The zero-order chi connectivity index (χ0) is 8.27. The van der Waals surface area contributed by atoms with Crippen LogP contribution in [0.25, 0.3) is 0 Å². The van der Waals surface area contributed by atoms with Gasteiger partial charge in [-0.2, -0.15) is 0 Å². The summed E-state index contributed by atoms with van der Waals surface area (Å²) in [5.74, 6) is 0. The molecule has 0 nitrogen and oxygen atoms in total. The van der Waals surface area contributed by atoms with E-state index in [1.54, 1.807) is 17.8 Å². The van der Waals surface area contributed by atoms with Crippen LogP contribution in [0.5, 0.6) is 0 Å². The van der Waals surface area contributed by atoms with Crippen LogP contribution in [0.1, 0.15) is 13.8 Å². The molecule has 0 fully saturated rings. The molecule has 0 saturated heterocycles. The van der Waals surface area contributed by atoms with E-state index in [1.807, 2.05) is 12.1 Å². The van der Waals surface area contributed by atoms with E-state index in [0.717, 1.165) is 5.02 Å². The average Bonchev–Trinajstić information content (AvgIpc) is 1.85. The zero-order valence-electron chi connectivity index (χ0n) is 6.60. The molecule has 59 valence electrons. The van der Waals surface area contributed by atoms with E-state index in [0.29, 0.717) is 5.25 Å². The lowest BCUT2D eigenvalue weighted by Gasteiger charge is -2.03. The average molecular weight is 186 g/mol. The molecule has 1 radical (unpaired) electrons. The summed E-state index contributed by atoms with van der Waals surface area (Å²) >= 11 is 7.58. The Morgan fingerprint density at radius 1 is 1.45 bits per heavy atom. The van der Waals surface area contributed by atoms with Crippen molar-refractivity contribution in [2.24, 2.45) is 0 Å². The molecule has 0 aromatic heterocycles. The van der Waals surface area contributed by atoms with Gasteiger partial charge in [-0.1, -0.05) is 25.4 Å². The summed E-state index contributed by atoms with van der Waals surface area (Å²) in [5.41, 5.74) is 0. The number of halogens is 1. The van der Waals surface area contributed by atoms with Crippen molar-refractivity contribution in [1.82, 2.24) is 0 Å². The van der Waals surface area contributed by atoms with E-state index in [4.69, 9.17) is 11.6 Å². The molecule has 0 unspecified atom stereocenters. The van der Waals surface area contributed by atoms with Gasteiger partial charge < -0.3 is 0 Å². The Labute approximate surface area is 77.0 Å². The lowest BCUT2D eigenvalue weighted by Crippen LogP contribution is -1.84. The molecule has 1 aromatic rings. The standard InChI is InChI=1S/C9H10ClS/c1-7(2)11-9-5-3-4-8(10)6-9/h4-7H,1-2H3. The van der Waals surface area contributed by atoms with Crippen LogP contribution in [-0.4, -0.2) is 5.25 Å². The quantitative estimate of drug-likeness (QED) is 0.634. The van der Waals surface area contributed by atoms with Crippen molar-refractivity contribution in [3.8, 4) is 0 Å². The monoisotopic (exact) mass is 185 g/mol. The first-order chi connectivity index (χ1) is 5.18. The fraction of sp³-hybridized carbons (Fsp3) is 0.333.